The molecule has 0 aliphatic carbocycles. The molecule has 0 saturated heterocycles. The van der Waals surface area contributed by atoms with Crippen LogP contribution in [0, 0.1) is 3.57 Å². The van der Waals surface area contributed by atoms with Crippen LogP contribution >= 0.6 is 22.6 Å². The summed E-state index contributed by atoms with van der Waals surface area (Å²) in [7, 11) is 1.93. The molecule has 3 rings (SSSR count). The van der Waals surface area contributed by atoms with Gasteiger partial charge in [-0.1, -0.05) is 6.92 Å². The van der Waals surface area contributed by atoms with Crippen LogP contribution in [0.4, 0.5) is 17.5 Å². The predicted molar refractivity (Wildman–Crippen MR) is 97.5 cm³/mol. The zero-order valence-electron chi connectivity index (χ0n) is 12.5. The lowest BCUT2D eigenvalue weighted by Gasteiger charge is -2.09. The Kier molecular flexibility index (Phi) is 4.41. The average molecular weight is 408 g/mol. The van der Waals surface area contributed by atoms with Gasteiger partial charge in [-0.15, -0.1) is 0 Å². The standard InChI is InChI=1S/C15H17IN6/c1-3-6-17-14-12(16)9-18-15(21-14)20-11-5-4-10-8-19-22(2)13(10)7-11/h4-5,7-9H,3,6H2,1-2H3,(H2,17,18,20,21). The van der Waals surface area contributed by atoms with Gasteiger partial charge in [0, 0.05) is 30.9 Å². The van der Waals surface area contributed by atoms with Crippen LogP contribution in [0.15, 0.2) is 30.6 Å². The first kappa shape index (κ1) is 15.0. The van der Waals surface area contributed by atoms with Crippen LogP contribution in [-0.4, -0.2) is 26.3 Å². The number of hydrogen-bond acceptors (Lipinski definition) is 5. The van der Waals surface area contributed by atoms with Crippen LogP contribution in [0.1, 0.15) is 13.3 Å². The minimum Gasteiger partial charge on any atom is -0.369 e. The fourth-order valence-corrected chi connectivity index (χ4v) is 2.60. The number of halogens is 1. The van der Waals surface area contributed by atoms with Crippen molar-refractivity contribution in [3.63, 3.8) is 0 Å². The third-order valence-corrected chi connectivity index (χ3v) is 4.08. The first-order valence-electron chi connectivity index (χ1n) is 7.12. The fraction of sp³-hybridized carbons (Fsp3) is 0.267. The van der Waals surface area contributed by atoms with Gasteiger partial charge in [-0.05, 0) is 47.2 Å². The number of anilines is 3. The van der Waals surface area contributed by atoms with E-state index in [1.54, 1.807) is 0 Å². The summed E-state index contributed by atoms with van der Waals surface area (Å²) in [5.41, 5.74) is 2.01. The maximum Gasteiger partial charge on any atom is 0.229 e. The highest BCUT2D eigenvalue weighted by Gasteiger charge is 2.06. The van der Waals surface area contributed by atoms with Gasteiger partial charge in [0.25, 0.3) is 0 Å². The Bertz CT molecular complexity index is 798. The van der Waals surface area contributed by atoms with E-state index in [1.165, 1.54) is 0 Å². The highest BCUT2D eigenvalue weighted by molar-refractivity contribution is 14.1. The maximum atomic E-state index is 4.53. The van der Waals surface area contributed by atoms with Crippen molar-refractivity contribution in [1.82, 2.24) is 19.7 Å². The van der Waals surface area contributed by atoms with Crippen LogP contribution in [0.3, 0.4) is 0 Å². The van der Waals surface area contributed by atoms with E-state index < -0.39 is 0 Å². The van der Waals surface area contributed by atoms with Crippen molar-refractivity contribution in [3.05, 3.63) is 34.2 Å². The molecule has 0 radical (unpaired) electrons. The monoisotopic (exact) mass is 408 g/mol. The molecule has 1 aromatic carbocycles. The number of benzene rings is 1. The quantitative estimate of drug-likeness (QED) is 0.633. The molecule has 3 aromatic rings. The second-order valence-corrected chi connectivity index (χ2v) is 6.15. The summed E-state index contributed by atoms with van der Waals surface area (Å²) in [4.78, 5) is 8.87. The van der Waals surface area contributed by atoms with E-state index >= 15 is 0 Å². The molecule has 0 bridgehead atoms. The van der Waals surface area contributed by atoms with Gasteiger partial charge in [0.15, 0.2) is 0 Å². The Morgan fingerprint density at radius 3 is 2.95 bits per heavy atom. The second kappa shape index (κ2) is 6.47. The molecule has 0 aliphatic rings. The molecule has 0 aliphatic heterocycles. The first-order chi connectivity index (χ1) is 10.7. The number of rotatable bonds is 5. The van der Waals surface area contributed by atoms with E-state index in [0.29, 0.717) is 5.95 Å². The zero-order chi connectivity index (χ0) is 15.5. The maximum absolute atomic E-state index is 4.53. The molecule has 0 spiro atoms. The van der Waals surface area contributed by atoms with Gasteiger partial charge in [-0.2, -0.15) is 10.1 Å². The average Bonchev–Trinajstić information content (AvgIpc) is 2.89. The van der Waals surface area contributed by atoms with Crippen LogP contribution in [0.2, 0.25) is 0 Å². The van der Waals surface area contributed by atoms with Crippen molar-refractivity contribution in [2.24, 2.45) is 7.05 Å². The number of nitrogens with zero attached hydrogens (tertiary/aromatic N) is 4. The van der Waals surface area contributed by atoms with Gasteiger partial charge in [0.1, 0.15) is 5.82 Å². The third kappa shape index (κ3) is 3.13. The molecule has 0 atom stereocenters. The second-order valence-electron chi connectivity index (χ2n) is 4.98. The molecule has 2 N–H and O–H groups in total. The summed E-state index contributed by atoms with van der Waals surface area (Å²) in [6.07, 6.45) is 4.73. The molecule has 7 heteroatoms. The molecule has 22 heavy (non-hydrogen) atoms. The molecule has 114 valence electrons. The van der Waals surface area contributed by atoms with Gasteiger partial charge in [-0.3, -0.25) is 4.68 Å². The zero-order valence-corrected chi connectivity index (χ0v) is 14.6. The van der Waals surface area contributed by atoms with Crippen LogP contribution in [0.25, 0.3) is 10.9 Å². The molecule has 0 amide bonds. The predicted octanol–water partition coefficient (Wildman–Crippen LogP) is 3.53. The molecule has 0 saturated carbocycles. The van der Waals surface area contributed by atoms with Gasteiger partial charge in [-0.25, -0.2) is 4.98 Å². The van der Waals surface area contributed by atoms with Crippen molar-refractivity contribution >= 4 is 50.9 Å². The summed E-state index contributed by atoms with van der Waals surface area (Å²) in [5.74, 6) is 1.45. The molecule has 2 heterocycles. The lowest BCUT2D eigenvalue weighted by Crippen LogP contribution is -2.07. The summed E-state index contributed by atoms with van der Waals surface area (Å²) in [6, 6.07) is 6.08. The highest BCUT2D eigenvalue weighted by atomic mass is 127. The molecule has 0 fully saturated rings. The minimum atomic E-state index is 0.584. The Balaban J connectivity index is 1.86. The summed E-state index contributed by atoms with van der Waals surface area (Å²) >= 11 is 2.24. The van der Waals surface area contributed by atoms with Crippen LogP contribution < -0.4 is 10.6 Å². The molecular formula is C15H17IN6. The van der Waals surface area contributed by atoms with Crippen LogP contribution in [0.5, 0.6) is 0 Å². The molecule has 0 unspecified atom stereocenters. The molecular weight excluding hydrogens is 391 g/mol. The van der Waals surface area contributed by atoms with Crippen molar-refractivity contribution in [2.75, 3.05) is 17.2 Å². The van der Waals surface area contributed by atoms with Crippen molar-refractivity contribution in [3.8, 4) is 0 Å². The molecule has 6 nitrogen and oxygen atoms in total. The van der Waals surface area contributed by atoms with E-state index in [2.05, 4.69) is 55.2 Å². The van der Waals surface area contributed by atoms with Crippen molar-refractivity contribution in [2.45, 2.75) is 13.3 Å². The number of aryl methyl sites for hydroxylation is 1. The van der Waals surface area contributed by atoms with Crippen molar-refractivity contribution in [1.29, 1.82) is 0 Å². The van der Waals surface area contributed by atoms with Gasteiger partial charge in [0.2, 0.25) is 5.95 Å². The lowest BCUT2D eigenvalue weighted by atomic mass is 10.2. The van der Waals surface area contributed by atoms with Gasteiger partial charge in [0.05, 0.1) is 15.3 Å². The van der Waals surface area contributed by atoms with Crippen LogP contribution in [-0.2, 0) is 7.05 Å². The number of fused-ring (bicyclic) bond motifs is 1. The van der Waals surface area contributed by atoms with E-state index in [0.717, 1.165) is 38.9 Å². The van der Waals surface area contributed by atoms with E-state index in [4.69, 9.17) is 0 Å². The van der Waals surface area contributed by atoms with E-state index in [9.17, 15) is 0 Å². The summed E-state index contributed by atoms with van der Waals surface area (Å²) in [6.45, 7) is 3.02. The Labute approximate surface area is 142 Å². The normalized spacial score (nSPS) is 10.9. The highest BCUT2D eigenvalue weighted by Crippen LogP contribution is 2.22. The largest absolute Gasteiger partial charge is 0.369 e. The Morgan fingerprint density at radius 1 is 1.27 bits per heavy atom. The van der Waals surface area contributed by atoms with Crippen molar-refractivity contribution < 1.29 is 0 Å². The number of aromatic nitrogens is 4. The number of hydrogen-bond donors (Lipinski definition) is 2. The Morgan fingerprint density at radius 2 is 2.14 bits per heavy atom. The third-order valence-electron chi connectivity index (χ3n) is 3.29. The SMILES string of the molecule is CCCNc1nc(Nc2ccc3cnn(C)c3c2)ncc1I. The van der Waals surface area contributed by atoms with Gasteiger partial charge < -0.3 is 10.6 Å². The fourth-order valence-electron chi connectivity index (χ4n) is 2.15. The topological polar surface area (TPSA) is 67.7 Å². The Hall–Kier alpha value is -1.90. The molecule has 2 aromatic heterocycles. The first-order valence-corrected chi connectivity index (χ1v) is 8.20. The van der Waals surface area contributed by atoms with E-state index in [1.807, 2.05) is 42.3 Å². The minimum absolute atomic E-state index is 0.584. The summed E-state index contributed by atoms with van der Waals surface area (Å²) < 4.78 is 2.86. The number of nitrogens with one attached hydrogen (secondary N) is 2. The van der Waals surface area contributed by atoms with E-state index in [-0.39, 0.29) is 0 Å². The smallest absolute Gasteiger partial charge is 0.229 e. The lowest BCUT2D eigenvalue weighted by molar-refractivity contribution is 0.797. The van der Waals surface area contributed by atoms with Gasteiger partial charge >= 0.3 is 0 Å². The summed E-state index contributed by atoms with van der Waals surface area (Å²) in [5, 5.41) is 11.9.